The third-order valence-corrected chi connectivity index (χ3v) is 5.06. The Labute approximate surface area is 101 Å². The van der Waals surface area contributed by atoms with Crippen molar-refractivity contribution < 1.29 is 26.7 Å². The fourth-order valence-electron chi connectivity index (χ4n) is 0.868. The summed E-state index contributed by atoms with van der Waals surface area (Å²) in [5.74, 6) is -1.93. The molecule has 0 rings (SSSR count). The summed E-state index contributed by atoms with van der Waals surface area (Å²) in [5, 5.41) is 6.89. The van der Waals surface area contributed by atoms with Gasteiger partial charge in [-0.3, -0.25) is 4.79 Å². The monoisotopic (exact) mass is 288 g/mol. The van der Waals surface area contributed by atoms with E-state index < -0.39 is 37.0 Å². The molecule has 0 aromatic heterocycles. The van der Waals surface area contributed by atoms with Crippen molar-refractivity contribution in [1.29, 1.82) is 0 Å². The summed E-state index contributed by atoms with van der Waals surface area (Å²) < 4.78 is 49.0. The summed E-state index contributed by atoms with van der Waals surface area (Å²) >= 11 is 0. The molecule has 0 radical (unpaired) electrons. The first-order valence-electron chi connectivity index (χ1n) is 4.81. The van der Waals surface area contributed by atoms with Crippen LogP contribution in [0.5, 0.6) is 0 Å². The van der Waals surface area contributed by atoms with Crippen LogP contribution >= 0.6 is 0 Å². The lowest BCUT2D eigenvalue weighted by molar-refractivity contribution is -0.136. The lowest BCUT2D eigenvalue weighted by Gasteiger charge is -2.10. The van der Waals surface area contributed by atoms with Crippen molar-refractivity contribution in [3.8, 4) is 0 Å². The van der Waals surface area contributed by atoms with E-state index in [9.17, 15) is 21.6 Å². The first-order valence-corrected chi connectivity index (χ1v) is 8.01. The maximum atomic E-state index is 11.3. The molecule has 0 aromatic rings. The van der Waals surface area contributed by atoms with Gasteiger partial charge in [0.2, 0.25) is 20.0 Å². The molecule has 1 atom stereocenters. The summed E-state index contributed by atoms with van der Waals surface area (Å²) in [6, 6.07) is 0. The summed E-state index contributed by atoms with van der Waals surface area (Å²) in [6.07, 6.45) is 0. The minimum Gasteiger partial charge on any atom is -0.480 e. The number of carboxylic acids is 1. The number of sulfonamides is 2. The molecule has 0 heterocycles. The largest absolute Gasteiger partial charge is 0.480 e. The van der Waals surface area contributed by atoms with Crippen LogP contribution in [0.4, 0.5) is 0 Å². The van der Waals surface area contributed by atoms with Crippen molar-refractivity contribution in [2.75, 3.05) is 18.8 Å². The number of aliphatic carboxylic acids is 1. The van der Waals surface area contributed by atoms with Gasteiger partial charge in [-0.15, -0.1) is 0 Å². The van der Waals surface area contributed by atoms with Gasteiger partial charge in [-0.2, -0.15) is 0 Å². The molecule has 10 heteroatoms. The molecule has 0 fully saturated rings. The van der Waals surface area contributed by atoms with Crippen molar-refractivity contribution in [2.45, 2.75) is 19.1 Å². The third-order valence-electron chi connectivity index (χ3n) is 1.85. The van der Waals surface area contributed by atoms with Crippen LogP contribution < -0.4 is 9.44 Å². The van der Waals surface area contributed by atoms with Gasteiger partial charge in [-0.05, 0) is 6.92 Å². The smallest absolute Gasteiger partial charge is 0.323 e. The number of rotatable bonds is 8. The number of hydrogen-bond donors (Lipinski definition) is 3. The second-order valence-electron chi connectivity index (χ2n) is 3.24. The van der Waals surface area contributed by atoms with Gasteiger partial charge in [-0.1, -0.05) is 6.92 Å². The Bertz CT molecular complexity index is 455. The fourth-order valence-corrected chi connectivity index (χ4v) is 2.85. The normalized spacial score (nSPS) is 14.5. The number of carbonyl (C=O) groups is 1. The first-order chi connectivity index (χ1) is 7.62. The van der Waals surface area contributed by atoms with E-state index in [0.717, 1.165) is 6.92 Å². The van der Waals surface area contributed by atoms with Crippen molar-refractivity contribution in [3.05, 3.63) is 0 Å². The van der Waals surface area contributed by atoms with Gasteiger partial charge in [0.05, 0.1) is 5.75 Å². The van der Waals surface area contributed by atoms with Crippen molar-refractivity contribution in [1.82, 2.24) is 9.44 Å². The van der Waals surface area contributed by atoms with Crippen LogP contribution in [0.25, 0.3) is 0 Å². The fraction of sp³-hybridized carbons (Fsp3) is 0.857. The quantitative estimate of drug-likeness (QED) is 0.489. The average molecular weight is 288 g/mol. The van der Waals surface area contributed by atoms with E-state index in [0.29, 0.717) is 0 Å². The Morgan fingerprint density at radius 1 is 1.24 bits per heavy atom. The third kappa shape index (κ3) is 5.96. The average Bonchev–Trinajstić information content (AvgIpc) is 2.15. The molecular weight excluding hydrogens is 272 g/mol. The molecule has 8 nitrogen and oxygen atoms in total. The molecule has 0 saturated carbocycles. The Morgan fingerprint density at radius 2 is 1.76 bits per heavy atom. The predicted octanol–water partition coefficient (Wildman–Crippen LogP) is -1.68. The molecule has 1 unspecified atom stereocenters. The Kier molecular flexibility index (Phi) is 6.02. The first kappa shape index (κ1) is 16.3. The van der Waals surface area contributed by atoms with E-state index in [1.807, 2.05) is 4.72 Å². The molecule has 0 aliphatic rings. The summed E-state index contributed by atoms with van der Waals surface area (Å²) in [5.41, 5.74) is 0. The number of hydrogen-bond acceptors (Lipinski definition) is 5. The van der Waals surface area contributed by atoms with Crippen molar-refractivity contribution >= 4 is 26.0 Å². The molecule has 0 spiro atoms. The van der Waals surface area contributed by atoms with Crippen LogP contribution in [0.15, 0.2) is 0 Å². The van der Waals surface area contributed by atoms with Crippen LogP contribution in [0.3, 0.4) is 0 Å². The summed E-state index contributed by atoms with van der Waals surface area (Å²) in [7, 11) is -7.56. The second kappa shape index (κ2) is 6.28. The van der Waals surface area contributed by atoms with Gasteiger partial charge < -0.3 is 5.11 Å². The van der Waals surface area contributed by atoms with Crippen LogP contribution in [-0.2, 0) is 24.8 Å². The highest BCUT2D eigenvalue weighted by molar-refractivity contribution is 7.91. The minimum absolute atomic E-state index is 0.209. The highest BCUT2D eigenvalue weighted by Crippen LogP contribution is 1.97. The zero-order valence-corrected chi connectivity index (χ0v) is 11.1. The van der Waals surface area contributed by atoms with E-state index in [-0.39, 0.29) is 13.1 Å². The lowest BCUT2D eigenvalue weighted by Crippen LogP contribution is -2.40. The van der Waals surface area contributed by atoms with Crippen molar-refractivity contribution in [3.63, 3.8) is 0 Å². The molecule has 17 heavy (non-hydrogen) atoms. The highest BCUT2D eigenvalue weighted by atomic mass is 32.2. The highest BCUT2D eigenvalue weighted by Gasteiger charge is 2.27. The van der Waals surface area contributed by atoms with Crippen LogP contribution in [0.2, 0.25) is 0 Å². The molecular formula is C7H16N2O6S2. The molecule has 102 valence electrons. The van der Waals surface area contributed by atoms with Crippen molar-refractivity contribution in [2.24, 2.45) is 0 Å². The number of carboxylic acid groups (broad SMARTS) is 1. The van der Waals surface area contributed by atoms with Crippen LogP contribution in [0.1, 0.15) is 13.8 Å². The minimum atomic E-state index is -4.04. The Hall–Kier alpha value is -0.710. The maximum absolute atomic E-state index is 11.3. The Balaban J connectivity index is 4.36. The second-order valence-corrected chi connectivity index (χ2v) is 7.25. The predicted molar refractivity (Wildman–Crippen MR) is 61.5 cm³/mol. The summed E-state index contributed by atoms with van der Waals surface area (Å²) in [6.45, 7) is 2.44. The SMILES string of the molecule is CCNS(=O)(=O)CCNS(=O)(=O)C(C)C(=O)O. The van der Waals surface area contributed by atoms with Gasteiger partial charge in [0.15, 0.2) is 5.25 Å². The van der Waals surface area contributed by atoms with E-state index in [2.05, 4.69) is 4.72 Å². The number of nitrogens with one attached hydrogen (secondary N) is 2. The van der Waals surface area contributed by atoms with Crippen LogP contribution in [0, 0.1) is 0 Å². The maximum Gasteiger partial charge on any atom is 0.323 e. The van der Waals surface area contributed by atoms with E-state index in [1.165, 1.54) is 0 Å². The lowest BCUT2D eigenvalue weighted by atomic mass is 10.5. The van der Waals surface area contributed by atoms with Crippen LogP contribution in [-0.4, -0.2) is 52.0 Å². The molecule has 0 aromatic carbocycles. The molecule has 0 bridgehead atoms. The van der Waals surface area contributed by atoms with Gasteiger partial charge in [-0.25, -0.2) is 26.3 Å². The van der Waals surface area contributed by atoms with E-state index >= 15 is 0 Å². The summed E-state index contributed by atoms with van der Waals surface area (Å²) in [4.78, 5) is 10.5. The van der Waals surface area contributed by atoms with Gasteiger partial charge in [0.1, 0.15) is 0 Å². The molecule has 0 aliphatic heterocycles. The van der Waals surface area contributed by atoms with Gasteiger partial charge in [0.25, 0.3) is 0 Å². The van der Waals surface area contributed by atoms with E-state index in [4.69, 9.17) is 5.11 Å². The Morgan fingerprint density at radius 3 is 2.18 bits per heavy atom. The van der Waals surface area contributed by atoms with E-state index in [1.54, 1.807) is 6.92 Å². The van der Waals surface area contributed by atoms with Gasteiger partial charge >= 0.3 is 5.97 Å². The molecule has 0 aliphatic carbocycles. The molecule has 0 saturated heterocycles. The molecule has 0 amide bonds. The zero-order valence-electron chi connectivity index (χ0n) is 9.50. The molecule has 3 N–H and O–H groups in total. The zero-order chi connectivity index (χ0) is 13.7. The standard InChI is InChI=1S/C7H16N2O6S2/c1-3-8-16(12,13)5-4-9-17(14,15)6(2)7(10)11/h6,8-9H,3-5H2,1-2H3,(H,10,11). The topological polar surface area (TPSA) is 130 Å². The van der Waals surface area contributed by atoms with Gasteiger partial charge in [0, 0.05) is 13.1 Å².